The third-order valence-electron chi connectivity index (χ3n) is 5.55. The van der Waals surface area contributed by atoms with Gasteiger partial charge in [-0.3, -0.25) is 0 Å². The lowest BCUT2D eigenvalue weighted by Crippen LogP contribution is -2.65. The lowest BCUT2D eigenvalue weighted by atomic mass is 9.74. The summed E-state index contributed by atoms with van der Waals surface area (Å²) in [5.41, 5.74) is 9.51. The van der Waals surface area contributed by atoms with Gasteiger partial charge in [0.05, 0.1) is 12.2 Å². The Hall–Kier alpha value is -2.64. The number of anilines is 1. The molecule has 8 heteroatoms. The van der Waals surface area contributed by atoms with Crippen LogP contribution >= 0.6 is 11.3 Å². The fourth-order valence-corrected chi connectivity index (χ4v) is 6.71. The summed E-state index contributed by atoms with van der Waals surface area (Å²) < 4.78 is 6.97. The molecule has 159 valence electrons. The van der Waals surface area contributed by atoms with Crippen molar-refractivity contribution >= 4 is 35.9 Å². The average molecular weight is 449 g/mol. The standard InChI is InChI=1S/C23H26N5OSSi/c1-23(2,3)20-15-28(22-26-17(16-30-22)14-25-27-24)21(20)29-31(18-10-6-4-7-11-18)19-12-8-5-9-13-19/h4-13,16,20-21H,14-15H2,1-3H3. The molecule has 0 N–H and O–H groups in total. The Morgan fingerprint density at radius 2 is 1.74 bits per heavy atom. The second-order valence-electron chi connectivity index (χ2n) is 8.70. The van der Waals surface area contributed by atoms with Gasteiger partial charge in [-0.2, -0.15) is 0 Å². The first-order valence-corrected chi connectivity index (χ1v) is 12.6. The molecule has 1 saturated heterocycles. The molecular formula is C23H26N5OSSi. The van der Waals surface area contributed by atoms with Gasteiger partial charge in [-0.1, -0.05) is 86.5 Å². The first-order chi connectivity index (χ1) is 15.0. The summed E-state index contributed by atoms with van der Waals surface area (Å²) in [4.78, 5) is 9.80. The van der Waals surface area contributed by atoms with Crippen LogP contribution < -0.4 is 15.3 Å². The van der Waals surface area contributed by atoms with Gasteiger partial charge in [0.2, 0.25) is 0 Å². The van der Waals surface area contributed by atoms with Gasteiger partial charge in [-0.05, 0) is 21.3 Å². The number of aromatic nitrogens is 1. The van der Waals surface area contributed by atoms with Gasteiger partial charge >= 0.3 is 0 Å². The van der Waals surface area contributed by atoms with E-state index in [2.05, 4.69) is 84.2 Å². The molecule has 1 aliphatic rings. The number of thiazole rings is 1. The van der Waals surface area contributed by atoms with E-state index in [-0.39, 0.29) is 18.2 Å². The molecule has 1 radical (unpaired) electrons. The lowest BCUT2D eigenvalue weighted by Gasteiger charge is -2.53. The molecule has 1 aliphatic heterocycles. The number of rotatable bonds is 7. The molecular weight excluding hydrogens is 422 g/mol. The Morgan fingerprint density at radius 1 is 1.13 bits per heavy atom. The fraction of sp³-hybridized carbons (Fsp3) is 0.348. The summed E-state index contributed by atoms with van der Waals surface area (Å²) in [5, 5.41) is 9.01. The molecule has 2 atom stereocenters. The molecule has 0 bridgehead atoms. The lowest BCUT2D eigenvalue weighted by molar-refractivity contribution is 0.00496. The highest BCUT2D eigenvalue weighted by molar-refractivity contribution is 7.13. The number of hydrogen-bond donors (Lipinski definition) is 0. The average Bonchev–Trinajstić information content (AvgIpc) is 3.20. The molecule has 0 amide bonds. The molecule has 2 aromatic carbocycles. The monoisotopic (exact) mass is 448 g/mol. The molecule has 0 aliphatic carbocycles. The van der Waals surface area contributed by atoms with Crippen LogP contribution in [0.1, 0.15) is 26.5 Å². The van der Waals surface area contributed by atoms with Crippen molar-refractivity contribution < 1.29 is 4.43 Å². The summed E-state index contributed by atoms with van der Waals surface area (Å²) in [5.74, 6) is 0.393. The number of benzene rings is 2. The van der Waals surface area contributed by atoms with Gasteiger partial charge in [-0.15, -0.1) is 11.3 Å². The first kappa shape index (κ1) is 21.6. The highest BCUT2D eigenvalue weighted by Crippen LogP contribution is 2.43. The maximum atomic E-state index is 8.59. The van der Waals surface area contributed by atoms with Crippen LogP contribution in [-0.2, 0) is 11.0 Å². The zero-order valence-electron chi connectivity index (χ0n) is 18.0. The van der Waals surface area contributed by atoms with Crippen molar-refractivity contribution in [2.45, 2.75) is 33.5 Å². The minimum absolute atomic E-state index is 0.0484. The van der Waals surface area contributed by atoms with Crippen molar-refractivity contribution in [1.29, 1.82) is 0 Å². The highest BCUT2D eigenvalue weighted by Gasteiger charge is 2.48. The Kier molecular flexibility index (Phi) is 6.43. The van der Waals surface area contributed by atoms with E-state index in [0.29, 0.717) is 5.92 Å². The molecule has 3 aromatic rings. The number of azide groups is 1. The van der Waals surface area contributed by atoms with E-state index in [4.69, 9.17) is 14.9 Å². The smallest absolute Gasteiger partial charge is 0.285 e. The quantitative estimate of drug-likeness (QED) is 0.230. The molecule has 0 saturated carbocycles. The van der Waals surface area contributed by atoms with Crippen LogP contribution in [-0.4, -0.2) is 26.8 Å². The Balaban J connectivity index is 1.64. The molecule has 31 heavy (non-hydrogen) atoms. The zero-order chi connectivity index (χ0) is 21.8. The third-order valence-corrected chi connectivity index (χ3v) is 8.67. The summed E-state index contributed by atoms with van der Waals surface area (Å²) >= 11 is 1.58. The molecule has 0 spiro atoms. The predicted molar refractivity (Wildman–Crippen MR) is 128 cm³/mol. The largest absolute Gasteiger partial charge is 0.387 e. The van der Waals surface area contributed by atoms with E-state index >= 15 is 0 Å². The maximum Gasteiger partial charge on any atom is 0.285 e. The topological polar surface area (TPSA) is 74.1 Å². The van der Waals surface area contributed by atoms with Crippen molar-refractivity contribution in [2.75, 3.05) is 11.4 Å². The normalized spacial score (nSPS) is 18.5. The van der Waals surface area contributed by atoms with Gasteiger partial charge in [0.15, 0.2) is 5.13 Å². The summed E-state index contributed by atoms with van der Waals surface area (Å²) in [6, 6.07) is 21.1. The van der Waals surface area contributed by atoms with E-state index < -0.39 is 9.04 Å². The van der Waals surface area contributed by atoms with Gasteiger partial charge in [0, 0.05) is 22.8 Å². The van der Waals surface area contributed by atoms with Crippen LogP contribution in [0.4, 0.5) is 5.13 Å². The summed E-state index contributed by atoms with van der Waals surface area (Å²) in [6.45, 7) is 8.01. The van der Waals surface area contributed by atoms with Crippen molar-refractivity contribution in [1.82, 2.24) is 4.98 Å². The van der Waals surface area contributed by atoms with Crippen LogP contribution in [0, 0.1) is 11.3 Å². The maximum absolute atomic E-state index is 8.59. The van der Waals surface area contributed by atoms with Crippen LogP contribution in [0.25, 0.3) is 10.4 Å². The first-order valence-electron chi connectivity index (χ1n) is 10.3. The molecule has 4 rings (SSSR count). The molecule has 1 aromatic heterocycles. The summed E-state index contributed by atoms with van der Waals surface area (Å²) in [6.07, 6.45) is -0.0484. The van der Waals surface area contributed by atoms with Crippen LogP contribution in [0.2, 0.25) is 0 Å². The zero-order valence-corrected chi connectivity index (χ0v) is 19.8. The van der Waals surface area contributed by atoms with Crippen molar-refractivity contribution in [3.8, 4) is 0 Å². The molecule has 2 heterocycles. The van der Waals surface area contributed by atoms with E-state index in [0.717, 1.165) is 17.4 Å². The van der Waals surface area contributed by atoms with E-state index in [1.54, 1.807) is 11.3 Å². The Bertz CT molecular complexity index is 1010. The highest BCUT2D eigenvalue weighted by atomic mass is 32.1. The van der Waals surface area contributed by atoms with Gasteiger partial charge < -0.3 is 9.33 Å². The van der Waals surface area contributed by atoms with E-state index in [9.17, 15) is 0 Å². The van der Waals surface area contributed by atoms with Gasteiger partial charge in [0.25, 0.3) is 9.04 Å². The SMILES string of the molecule is CC(C)(C)C1CN(c2nc(CN=[N+]=[N-])cs2)C1O[Si](c1ccccc1)c1ccccc1. The van der Waals surface area contributed by atoms with Crippen LogP contribution in [0.15, 0.2) is 71.2 Å². The molecule has 6 nitrogen and oxygen atoms in total. The van der Waals surface area contributed by atoms with Crippen LogP contribution in [0.5, 0.6) is 0 Å². The molecule has 2 unspecified atom stereocenters. The van der Waals surface area contributed by atoms with Crippen molar-refractivity contribution in [2.24, 2.45) is 16.4 Å². The predicted octanol–water partition coefficient (Wildman–Crippen LogP) is 4.58. The second kappa shape index (κ2) is 9.24. The van der Waals surface area contributed by atoms with Crippen LogP contribution in [0.3, 0.4) is 0 Å². The van der Waals surface area contributed by atoms with Crippen molar-refractivity contribution in [3.05, 3.63) is 82.2 Å². The van der Waals surface area contributed by atoms with Crippen molar-refractivity contribution in [3.63, 3.8) is 0 Å². The number of nitrogens with zero attached hydrogens (tertiary/aromatic N) is 5. The van der Waals surface area contributed by atoms with Gasteiger partial charge in [0.1, 0.15) is 6.23 Å². The minimum Gasteiger partial charge on any atom is -0.387 e. The molecule has 1 fully saturated rings. The van der Waals surface area contributed by atoms with E-state index in [1.807, 2.05) is 17.5 Å². The van der Waals surface area contributed by atoms with E-state index in [1.165, 1.54) is 10.4 Å². The summed E-state index contributed by atoms with van der Waals surface area (Å²) in [7, 11) is -1.43. The van der Waals surface area contributed by atoms with Gasteiger partial charge in [-0.25, -0.2) is 4.98 Å². The second-order valence-corrected chi connectivity index (χ2v) is 11.6. The minimum atomic E-state index is -1.43. The Morgan fingerprint density at radius 3 is 2.29 bits per heavy atom. The number of hydrogen-bond acceptors (Lipinski definition) is 5. The Labute approximate surface area is 188 Å². The fourth-order valence-electron chi connectivity index (χ4n) is 3.73. The third kappa shape index (κ3) is 4.83.